The summed E-state index contributed by atoms with van der Waals surface area (Å²) in [6.07, 6.45) is 4.95. The number of carbonyl (C=O) groups excluding carboxylic acids is 2. The van der Waals surface area contributed by atoms with Crippen LogP contribution in [-0.2, 0) is 9.59 Å². The first kappa shape index (κ1) is 14.4. The molecule has 1 aliphatic rings. The Hall–Kier alpha value is -1.98. The summed E-state index contributed by atoms with van der Waals surface area (Å²) in [7, 11) is 0. The maximum atomic E-state index is 13.0. The topological polar surface area (TPSA) is 58.2 Å². The van der Waals surface area contributed by atoms with Gasteiger partial charge in [-0.25, -0.2) is 8.78 Å². The molecule has 20 heavy (non-hydrogen) atoms. The predicted molar refractivity (Wildman–Crippen MR) is 70.0 cm³/mol. The van der Waals surface area contributed by atoms with Gasteiger partial charge in [0, 0.05) is 17.8 Å². The molecule has 4 nitrogen and oxygen atoms in total. The lowest BCUT2D eigenvalue weighted by atomic mass is 9.95. The van der Waals surface area contributed by atoms with E-state index < -0.39 is 23.4 Å². The smallest absolute Gasteiger partial charge is 0.313 e. The Kier molecular flexibility index (Phi) is 4.65. The zero-order valence-electron chi connectivity index (χ0n) is 10.9. The summed E-state index contributed by atoms with van der Waals surface area (Å²) in [5.41, 5.74) is 0.0488. The summed E-state index contributed by atoms with van der Waals surface area (Å²) >= 11 is 0. The highest BCUT2D eigenvalue weighted by Crippen LogP contribution is 2.17. The number of nitrogens with one attached hydrogen (secondary N) is 2. The average molecular weight is 282 g/mol. The molecule has 6 heteroatoms. The Morgan fingerprint density at radius 3 is 2.35 bits per heavy atom. The Labute approximate surface area is 115 Å². The molecule has 0 radical (unpaired) electrons. The van der Waals surface area contributed by atoms with E-state index in [0.717, 1.165) is 44.2 Å². The van der Waals surface area contributed by atoms with Crippen LogP contribution in [0.4, 0.5) is 14.5 Å². The molecule has 1 aromatic carbocycles. The minimum Gasteiger partial charge on any atom is -0.345 e. The highest BCUT2D eigenvalue weighted by atomic mass is 19.2. The largest absolute Gasteiger partial charge is 0.345 e. The number of anilines is 1. The summed E-state index contributed by atoms with van der Waals surface area (Å²) in [5.74, 6) is -3.70. The molecule has 2 amide bonds. The van der Waals surface area contributed by atoms with Crippen molar-refractivity contribution in [2.75, 3.05) is 5.32 Å². The van der Waals surface area contributed by atoms with Crippen LogP contribution in [0.2, 0.25) is 0 Å². The van der Waals surface area contributed by atoms with Crippen molar-refractivity contribution in [1.29, 1.82) is 0 Å². The lowest BCUT2D eigenvalue weighted by molar-refractivity contribution is -0.136. The van der Waals surface area contributed by atoms with Crippen LogP contribution in [0.15, 0.2) is 18.2 Å². The first-order chi connectivity index (χ1) is 9.56. The van der Waals surface area contributed by atoms with Gasteiger partial charge in [-0.05, 0) is 25.0 Å². The van der Waals surface area contributed by atoms with Gasteiger partial charge in [-0.3, -0.25) is 9.59 Å². The van der Waals surface area contributed by atoms with Gasteiger partial charge in [0.25, 0.3) is 0 Å². The van der Waals surface area contributed by atoms with E-state index in [1.54, 1.807) is 0 Å². The average Bonchev–Trinajstić information content (AvgIpc) is 2.44. The van der Waals surface area contributed by atoms with E-state index in [1.807, 2.05) is 0 Å². The molecule has 0 saturated heterocycles. The minimum atomic E-state index is -1.07. The standard InChI is InChI=1S/C14H16F2N2O2/c15-11-7-6-10(8-12(11)16)18-14(20)13(19)17-9-4-2-1-3-5-9/h6-9H,1-5H2,(H,17,19)(H,18,20). The van der Waals surface area contributed by atoms with Gasteiger partial charge in [0.2, 0.25) is 0 Å². The van der Waals surface area contributed by atoms with Crippen molar-refractivity contribution in [1.82, 2.24) is 5.32 Å². The van der Waals surface area contributed by atoms with Crippen molar-refractivity contribution in [3.8, 4) is 0 Å². The Morgan fingerprint density at radius 2 is 1.70 bits per heavy atom. The second kappa shape index (κ2) is 6.45. The monoisotopic (exact) mass is 282 g/mol. The number of halogens is 2. The van der Waals surface area contributed by atoms with Gasteiger partial charge in [0.05, 0.1) is 0 Å². The molecule has 1 fully saturated rings. The third-order valence-electron chi connectivity index (χ3n) is 3.32. The first-order valence-electron chi connectivity index (χ1n) is 6.63. The molecule has 0 atom stereocenters. The van der Waals surface area contributed by atoms with Crippen LogP contribution in [-0.4, -0.2) is 17.9 Å². The second-order valence-corrected chi connectivity index (χ2v) is 4.89. The van der Waals surface area contributed by atoms with E-state index in [9.17, 15) is 18.4 Å². The third-order valence-corrected chi connectivity index (χ3v) is 3.32. The first-order valence-corrected chi connectivity index (χ1v) is 6.63. The number of hydrogen-bond donors (Lipinski definition) is 2. The summed E-state index contributed by atoms with van der Waals surface area (Å²) in [6.45, 7) is 0. The summed E-state index contributed by atoms with van der Waals surface area (Å²) < 4.78 is 25.7. The highest BCUT2D eigenvalue weighted by molar-refractivity contribution is 6.39. The predicted octanol–water partition coefficient (Wildman–Crippen LogP) is 2.35. The van der Waals surface area contributed by atoms with Gasteiger partial charge in [-0.1, -0.05) is 19.3 Å². The molecular formula is C14H16F2N2O2. The van der Waals surface area contributed by atoms with Gasteiger partial charge >= 0.3 is 11.8 Å². The number of amides is 2. The van der Waals surface area contributed by atoms with Crippen LogP contribution < -0.4 is 10.6 Å². The summed E-state index contributed by atoms with van der Waals surface area (Å²) in [5, 5.41) is 4.89. The van der Waals surface area contributed by atoms with Crippen molar-refractivity contribution in [2.24, 2.45) is 0 Å². The van der Waals surface area contributed by atoms with Crippen LogP contribution in [0.25, 0.3) is 0 Å². The quantitative estimate of drug-likeness (QED) is 0.818. The van der Waals surface area contributed by atoms with Crippen LogP contribution in [0, 0.1) is 11.6 Å². The second-order valence-electron chi connectivity index (χ2n) is 4.89. The van der Waals surface area contributed by atoms with E-state index in [1.165, 1.54) is 6.07 Å². The van der Waals surface area contributed by atoms with Gasteiger partial charge in [-0.2, -0.15) is 0 Å². The normalized spacial score (nSPS) is 15.7. The lowest BCUT2D eigenvalue weighted by Crippen LogP contribution is -2.42. The zero-order chi connectivity index (χ0) is 14.5. The molecule has 1 saturated carbocycles. The molecule has 1 aliphatic carbocycles. The van der Waals surface area contributed by atoms with Crippen molar-refractivity contribution >= 4 is 17.5 Å². The molecule has 2 N–H and O–H groups in total. The fraction of sp³-hybridized carbons (Fsp3) is 0.429. The molecule has 1 aromatic rings. The Balaban J connectivity index is 1.89. The fourth-order valence-electron chi connectivity index (χ4n) is 2.26. The molecule has 0 unspecified atom stereocenters. The number of hydrogen-bond acceptors (Lipinski definition) is 2. The van der Waals surface area contributed by atoms with Gasteiger partial charge in [0.1, 0.15) is 0 Å². The molecule has 0 spiro atoms. The number of carbonyl (C=O) groups is 2. The Morgan fingerprint density at radius 1 is 1.00 bits per heavy atom. The SMILES string of the molecule is O=C(Nc1ccc(F)c(F)c1)C(=O)NC1CCCCC1. The summed E-state index contributed by atoms with van der Waals surface area (Å²) in [4.78, 5) is 23.3. The van der Waals surface area contributed by atoms with Gasteiger partial charge in [0.15, 0.2) is 11.6 Å². The molecule has 108 valence electrons. The zero-order valence-corrected chi connectivity index (χ0v) is 10.9. The van der Waals surface area contributed by atoms with Gasteiger partial charge < -0.3 is 10.6 Å². The van der Waals surface area contributed by atoms with E-state index in [4.69, 9.17) is 0 Å². The summed E-state index contributed by atoms with van der Waals surface area (Å²) in [6, 6.07) is 2.95. The van der Waals surface area contributed by atoms with Crippen molar-refractivity contribution in [3.05, 3.63) is 29.8 Å². The maximum absolute atomic E-state index is 13.0. The van der Waals surface area contributed by atoms with Crippen LogP contribution in [0.1, 0.15) is 32.1 Å². The van der Waals surface area contributed by atoms with Crippen molar-refractivity contribution in [2.45, 2.75) is 38.1 Å². The molecular weight excluding hydrogens is 266 g/mol. The van der Waals surface area contributed by atoms with E-state index >= 15 is 0 Å². The molecule has 0 heterocycles. The maximum Gasteiger partial charge on any atom is 0.313 e. The van der Waals surface area contributed by atoms with Crippen LogP contribution in [0.3, 0.4) is 0 Å². The molecule has 0 aromatic heterocycles. The highest BCUT2D eigenvalue weighted by Gasteiger charge is 2.20. The number of rotatable bonds is 2. The van der Waals surface area contributed by atoms with E-state index in [-0.39, 0.29) is 11.7 Å². The Bertz CT molecular complexity index is 514. The van der Waals surface area contributed by atoms with Crippen molar-refractivity contribution < 1.29 is 18.4 Å². The van der Waals surface area contributed by atoms with Crippen LogP contribution in [0.5, 0.6) is 0 Å². The molecule has 0 aliphatic heterocycles. The van der Waals surface area contributed by atoms with Gasteiger partial charge in [-0.15, -0.1) is 0 Å². The van der Waals surface area contributed by atoms with Crippen molar-refractivity contribution in [3.63, 3.8) is 0 Å². The van der Waals surface area contributed by atoms with E-state index in [0.29, 0.717) is 0 Å². The van der Waals surface area contributed by atoms with E-state index in [2.05, 4.69) is 10.6 Å². The molecule has 0 bridgehead atoms. The fourth-order valence-corrected chi connectivity index (χ4v) is 2.26. The van der Waals surface area contributed by atoms with Crippen LogP contribution >= 0.6 is 0 Å². The minimum absolute atomic E-state index is 0.0203. The third kappa shape index (κ3) is 3.76. The molecule has 2 rings (SSSR count). The number of benzene rings is 1. The lowest BCUT2D eigenvalue weighted by Gasteiger charge is -2.22.